The number of hydrogen-bond donors (Lipinski definition) is 1. The van der Waals surface area contributed by atoms with E-state index in [0.717, 1.165) is 11.6 Å². The van der Waals surface area contributed by atoms with E-state index in [-0.39, 0.29) is 0 Å². The van der Waals surface area contributed by atoms with Gasteiger partial charge in [-0.15, -0.1) is 0 Å². The number of halogens is 3. The molecule has 2 nitrogen and oxygen atoms in total. The average Bonchev–Trinajstić information content (AvgIpc) is 3.29. The molecule has 1 aromatic heterocycles. The van der Waals surface area contributed by atoms with Gasteiger partial charge in [0, 0.05) is 6.04 Å². The standard InChI is InChI=1S/C15H15F3N2S/c16-15(17,18)10-5-6-12-11(7-10)19-14(21)20(12)13(8-1-2-8)9-3-4-9/h5-9,13H,1-4H2,(H,19,21). The smallest absolute Gasteiger partial charge is 0.331 e. The first-order chi connectivity index (χ1) is 9.95. The van der Waals surface area contributed by atoms with Gasteiger partial charge in [0.05, 0.1) is 16.6 Å². The van der Waals surface area contributed by atoms with Crippen LogP contribution in [0, 0.1) is 16.6 Å². The third-order valence-corrected chi connectivity index (χ3v) is 4.85. The van der Waals surface area contributed by atoms with Crippen LogP contribution in [0.2, 0.25) is 0 Å². The highest BCUT2D eigenvalue weighted by molar-refractivity contribution is 7.71. The molecule has 1 heterocycles. The molecule has 21 heavy (non-hydrogen) atoms. The van der Waals surface area contributed by atoms with Crippen LogP contribution in [-0.4, -0.2) is 9.55 Å². The van der Waals surface area contributed by atoms with Gasteiger partial charge in [0.2, 0.25) is 0 Å². The minimum atomic E-state index is -4.32. The summed E-state index contributed by atoms with van der Waals surface area (Å²) in [5, 5.41) is 0. The molecule has 2 fully saturated rings. The molecule has 2 aliphatic rings. The number of nitrogens with one attached hydrogen (secondary N) is 1. The highest BCUT2D eigenvalue weighted by Crippen LogP contribution is 2.53. The largest absolute Gasteiger partial charge is 0.416 e. The van der Waals surface area contributed by atoms with Crippen molar-refractivity contribution in [3.8, 4) is 0 Å². The van der Waals surface area contributed by atoms with Crippen molar-refractivity contribution in [2.75, 3.05) is 0 Å². The van der Waals surface area contributed by atoms with Crippen LogP contribution in [0.1, 0.15) is 37.3 Å². The quantitative estimate of drug-likeness (QED) is 0.784. The van der Waals surface area contributed by atoms with Gasteiger partial charge >= 0.3 is 6.18 Å². The van der Waals surface area contributed by atoms with Crippen molar-refractivity contribution in [2.45, 2.75) is 37.9 Å². The van der Waals surface area contributed by atoms with Crippen molar-refractivity contribution < 1.29 is 13.2 Å². The normalized spacial score (nSPS) is 19.6. The van der Waals surface area contributed by atoms with Gasteiger partial charge in [-0.2, -0.15) is 13.2 Å². The van der Waals surface area contributed by atoms with Gasteiger partial charge < -0.3 is 9.55 Å². The first kappa shape index (κ1) is 13.4. The number of aromatic amines is 1. The van der Waals surface area contributed by atoms with Crippen LogP contribution >= 0.6 is 12.2 Å². The Kier molecular flexibility index (Phi) is 2.77. The Morgan fingerprint density at radius 1 is 1.14 bits per heavy atom. The first-order valence-electron chi connectivity index (χ1n) is 7.26. The Balaban J connectivity index is 1.86. The number of nitrogens with zero attached hydrogens (tertiary/aromatic N) is 1. The zero-order chi connectivity index (χ0) is 14.8. The van der Waals surface area contributed by atoms with Gasteiger partial charge in [-0.1, -0.05) is 0 Å². The van der Waals surface area contributed by atoms with E-state index in [4.69, 9.17) is 12.2 Å². The van der Waals surface area contributed by atoms with Gasteiger partial charge in [0.25, 0.3) is 0 Å². The average molecular weight is 312 g/mol. The molecule has 1 N–H and O–H groups in total. The third-order valence-electron chi connectivity index (χ3n) is 4.55. The molecule has 0 amide bonds. The topological polar surface area (TPSA) is 20.7 Å². The van der Waals surface area contributed by atoms with Crippen molar-refractivity contribution in [3.05, 3.63) is 28.5 Å². The number of hydrogen-bond acceptors (Lipinski definition) is 1. The van der Waals surface area contributed by atoms with E-state index < -0.39 is 11.7 Å². The van der Waals surface area contributed by atoms with E-state index in [1.807, 2.05) is 0 Å². The number of alkyl halides is 3. The minimum absolute atomic E-state index is 0.364. The van der Waals surface area contributed by atoms with E-state index in [9.17, 15) is 13.2 Å². The highest BCUT2D eigenvalue weighted by Gasteiger charge is 2.43. The number of benzene rings is 1. The van der Waals surface area contributed by atoms with Crippen LogP contribution < -0.4 is 0 Å². The second-order valence-corrected chi connectivity index (χ2v) is 6.58. The van der Waals surface area contributed by atoms with Crippen LogP contribution in [0.5, 0.6) is 0 Å². The van der Waals surface area contributed by atoms with Crippen LogP contribution in [0.3, 0.4) is 0 Å². The lowest BCUT2D eigenvalue weighted by Gasteiger charge is -2.18. The lowest BCUT2D eigenvalue weighted by molar-refractivity contribution is -0.137. The van der Waals surface area contributed by atoms with Gasteiger partial charge in [-0.3, -0.25) is 0 Å². The third kappa shape index (κ3) is 2.29. The Hall–Kier alpha value is -1.30. The summed E-state index contributed by atoms with van der Waals surface area (Å²) in [4.78, 5) is 2.96. The minimum Gasteiger partial charge on any atom is -0.331 e. The molecule has 4 rings (SSSR count). The lowest BCUT2D eigenvalue weighted by Crippen LogP contribution is -2.13. The molecular weight excluding hydrogens is 297 g/mol. The predicted molar refractivity (Wildman–Crippen MR) is 76.6 cm³/mol. The Bertz CT molecular complexity index is 738. The van der Waals surface area contributed by atoms with Crippen LogP contribution in [-0.2, 0) is 6.18 Å². The maximum Gasteiger partial charge on any atom is 0.416 e. The molecule has 0 atom stereocenters. The van der Waals surface area contributed by atoms with E-state index in [1.54, 1.807) is 6.07 Å². The van der Waals surface area contributed by atoms with Crippen molar-refractivity contribution in [2.24, 2.45) is 11.8 Å². The number of fused-ring (bicyclic) bond motifs is 1. The van der Waals surface area contributed by atoms with E-state index >= 15 is 0 Å². The number of imidazole rings is 1. The van der Waals surface area contributed by atoms with Crippen molar-refractivity contribution >= 4 is 23.3 Å². The molecule has 0 bridgehead atoms. The zero-order valence-electron chi connectivity index (χ0n) is 11.3. The summed E-state index contributed by atoms with van der Waals surface area (Å²) in [6.07, 6.45) is 0.497. The van der Waals surface area contributed by atoms with Crippen molar-refractivity contribution in [1.29, 1.82) is 0 Å². The van der Waals surface area contributed by atoms with Crippen LogP contribution in [0.25, 0.3) is 11.0 Å². The fourth-order valence-electron chi connectivity index (χ4n) is 3.29. The molecule has 6 heteroatoms. The Labute approximate surface area is 125 Å². The van der Waals surface area contributed by atoms with Gasteiger partial charge in [-0.25, -0.2) is 0 Å². The molecule has 1 aromatic carbocycles. The fourth-order valence-corrected chi connectivity index (χ4v) is 3.62. The summed E-state index contributed by atoms with van der Waals surface area (Å²) < 4.78 is 41.1. The lowest BCUT2D eigenvalue weighted by atomic mass is 10.1. The number of H-pyrrole nitrogens is 1. The van der Waals surface area contributed by atoms with Crippen molar-refractivity contribution in [3.63, 3.8) is 0 Å². The summed E-state index contributed by atoms with van der Waals surface area (Å²) in [5.41, 5.74) is 0.658. The summed E-state index contributed by atoms with van der Waals surface area (Å²) in [6, 6.07) is 4.24. The molecule has 112 valence electrons. The summed E-state index contributed by atoms with van der Waals surface area (Å²) in [7, 11) is 0. The summed E-state index contributed by atoms with van der Waals surface area (Å²) in [5.74, 6) is 1.29. The molecule has 0 saturated heterocycles. The highest BCUT2D eigenvalue weighted by atomic mass is 32.1. The molecule has 0 radical (unpaired) electrons. The second-order valence-electron chi connectivity index (χ2n) is 6.20. The fraction of sp³-hybridized carbons (Fsp3) is 0.533. The predicted octanol–water partition coefficient (Wildman–Crippen LogP) is 5.08. The number of aromatic nitrogens is 2. The summed E-state index contributed by atoms with van der Waals surface area (Å²) >= 11 is 5.39. The first-order valence-corrected chi connectivity index (χ1v) is 7.67. The van der Waals surface area contributed by atoms with Gasteiger partial charge in [-0.05, 0) is 67.9 Å². The Morgan fingerprint density at radius 3 is 2.29 bits per heavy atom. The molecule has 0 unspecified atom stereocenters. The second kappa shape index (κ2) is 4.35. The maximum absolute atomic E-state index is 12.8. The van der Waals surface area contributed by atoms with Crippen LogP contribution in [0.15, 0.2) is 18.2 Å². The SMILES string of the molecule is FC(F)(F)c1ccc2c(c1)[nH]c(=S)n2C(C1CC1)C1CC1. The monoisotopic (exact) mass is 312 g/mol. The Morgan fingerprint density at radius 2 is 1.76 bits per heavy atom. The van der Waals surface area contributed by atoms with Crippen molar-refractivity contribution in [1.82, 2.24) is 9.55 Å². The van der Waals surface area contributed by atoms with E-state index in [0.29, 0.717) is 28.2 Å². The molecule has 0 spiro atoms. The molecule has 0 aliphatic heterocycles. The number of rotatable bonds is 3. The zero-order valence-corrected chi connectivity index (χ0v) is 12.1. The summed E-state index contributed by atoms with van der Waals surface area (Å²) in [6.45, 7) is 0. The molecule has 2 aliphatic carbocycles. The van der Waals surface area contributed by atoms with Gasteiger partial charge in [0.1, 0.15) is 0 Å². The van der Waals surface area contributed by atoms with E-state index in [1.165, 1.54) is 31.7 Å². The van der Waals surface area contributed by atoms with Gasteiger partial charge in [0.15, 0.2) is 4.77 Å². The molecule has 2 saturated carbocycles. The van der Waals surface area contributed by atoms with E-state index in [2.05, 4.69) is 9.55 Å². The molecule has 2 aromatic rings. The molecular formula is C15H15F3N2S. The maximum atomic E-state index is 12.8. The van der Waals surface area contributed by atoms with Crippen LogP contribution in [0.4, 0.5) is 13.2 Å².